The summed E-state index contributed by atoms with van der Waals surface area (Å²) in [6, 6.07) is 3.37. The lowest BCUT2D eigenvalue weighted by Gasteiger charge is -2.24. The maximum absolute atomic E-state index is 12.7. The van der Waals surface area contributed by atoms with Crippen LogP contribution in [0.3, 0.4) is 0 Å². The average molecular weight is 350 g/mol. The molecule has 1 aliphatic heterocycles. The predicted molar refractivity (Wildman–Crippen MR) is 96.8 cm³/mol. The first-order valence-corrected chi connectivity index (χ1v) is 9.36. The molecule has 24 heavy (non-hydrogen) atoms. The Hall–Kier alpha value is -1.60. The molecule has 1 saturated heterocycles. The van der Waals surface area contributed by atoms with E-state index >= 15 is 0 Å². The fourth-order valence-electron chi connectivity index (χ4n) is 2.44. The molecule has 2 atom stereocenters. The summed E-state index contributed by atoms with van der Waals surface area (Å²) >= 11 is 1.61. The molecule has 1 aromatic heterocycles. The average Bonchev–Trinajstić information content (AvgIpc) is 3.04. The number of hydrogen-bond donors (Lipinski definition) is 1. The second-order valence-electron chi connectivity index (χ2n) is 6.38. The van der Waals surface area contributed by atoms with E-state index in [2.05, 4.69) is 10.3 Å². The van der Waals surface area contributed by atoms with Gasteiger partial charge in [0.05, 0.1) is 17.1 Å². The van der Waals surface area contributed by atoms with E-state index in [4.69, 9.17) is 0 Å². The van der Waals surface area contributed by atoms with Crippen LogP contribution in [0.15, 0.2) is 18.3 Å². The van der Waals surface area contributed by atoms with Gasteiger partial charge in [-0.05, 0) is 39.6 Å². The van der Waals surface area contributed by atoms with Gasteiger partial charge in [0.2, 0.25) is 5.91 Å². The third kappa shape index (κ3) is 4.70. The van der Waals surface area contributed by atoms with Gasteiger partial charge in [0.25, 0.3) is 5.91 Å². The number of thioether (sulfide) groups is 1. The van der Waals surface area contributed by atoms with Crippen LogP contribution in [0.4, 0.5) is 0 Å². The summed E-state index contributed by atoms with van der Waals surface area (Å²) in [6.07, 6.45) is 2.48. The summed E-state index contributed by atoms with van der Waals surface area (Å²) < 4.78 is 0. The number of rotatable bonds is 6. The molecule has 0 unspecified atom stereocenters. The quantitative estimate of drug-likeness (QED) is 0.844. The lowest BCUT2D eigenvalue weighted by atomic mass is 10.1. The third-order valence-corrected chi connectivity index (χ3v) is 5.01. The number of nitrogens with one attached hydrogen (secondary N) is 1. The van der Waals surface area contributed by atoms with Crippen molar-refractivity contribution in [2.24, 2.45) is 0 Å². The Morgan fingerprint density at radius 3 is 2.79 bits per heavy atom. The first-order valence-electron chi connectivity index (χ1n) is 8.21. The molecule has 7 heteroatoms. The van der Waals surface area contributed by atoms with Crippen LogP contribution in [0, 0.1) is 0 Å². The second kappa shape index (κ2) is 8.48. The maximum atomic E-state index is 12.7. The Labute approximate surface area is 148 Å². The summed E-state index contributed by atoms with van der Waals surface area (Å²) in [7, 11) is 3.95. The van der Waals surface area contributed by atoms with Gasteiger partial charge >= 0.3 is 0 Å². The molecule has 1 N–H and O–H groups in total. The monoisotopic (exact) mass is 350 g/mol. The normalized spacial score (nSPS) is 18.7. The van der Waals surface area contributed by atoms with Crippen LogP contribution in [0.1, 0.15) is 36.3 Å². The number of aromatic nitrogens is 1. The van der Waals surface area contributed by atoms with Gasteiger partial charge in [0.15, 0.2) is 0 Å². The fraction of sp³-hybridized carbons (Fsp3) is 0.588. The molecule has 2 amide bonds. The van der Waals surface area contributed by atoms with Crippen LogP contribution in [0.5, 0.6) is 0 Å². The van der Waals surface area contributed by atoms with E-state index in [1.807, 2.05) is 38.9 Å². The minimum absolute atomic E-state index is 0.0695. The Morgan fingerprint density at radius 2 is 2.21 bits per heavy atom. The summed E-state index contributed by atoms with van der Waals surface area (Å²) in [5, 5.41) is 2.97. The van der Waals surface area contributed by atoms with Gasteiger partial charge in [0, 0.05) is 24.5 Å². The molecule has 0 bridgehead atoms. The summed E-state index contributed by atoms with van der Waals surface area (Å²) in [6.45, 7) is 4.73. The maximum Gasteiger partial charge on any atom is 0.256 e. The van der Waals surface area contributed by atoms with E-state index in [0.29, 0.717) is 17.2 Å². The van der Waals surface area contributed by atoms with Crippen molar-refractivity contribution < 1.29 is 9.59 Å². The van der Waals surface area contributed by atoms with Crippen molar-refractivity contribution in [3.8, 4) is 0 Å². The van der Waals surface area contributed by atoms with Crippen molar-refractivity contribution in [1.29, 1.82) is 0 Å². The highest BCUT2D eigenvalue weighted by atomic mass is 32.2. The molecule has 0 radical (unpaired) electrons. The van der Waals surface area contributed by atoms with Crippen molar-refractivity contribution >= 4 is 23.6 Å². The van der Waals surface area contributed by atoms with Crippen LogP contribution >= 0.6 is 11.8 Å². The smallest absolute Gasteiger partial charge is 0.256 e. The molecule has 0 aliphatic carbocycles. The molecule has 2 rings (SSSR count). The van der Waals surface area contributed by atoms with Crippen LogP contribution in [-0.4, -0.2) is 64.4 Å². The highest BCUT2D eigenvalue weighted by molar-refractivity contribution is 7.99. The van der Waals surface area contributed by atoms with Gasteiger partial charge in [-0.15, -0.1) is 11.8 Å². The van der Waals surface area contributed by atoms with Crippen molar-refractivity contribution in [2.45, 2.75) is 38.9 Å². The van der Waals surface area contributed by atoms with E-state index in [9.17, 15) is 9.59 Å². The number of carbonyl (C=O) groups excluding carboxylic acids is 2. The lowest BCUT2D eigenvalue weighted by Crippen LogP contribution is -2.49. The van der Waals surface area contributed by atoms with Crippen LogP contribution < -0.4 is 5.32 Å². The van der Waals surface area contributed by atoms with Crippen LogP contribution in [0.25, 0.3) is 0 Å². The molecule has 1 aromatic rings. The first-order chi connectivity index (χ1) is 11.4. The molecule has 132 valence electrons. The number of nitrogens with zero attached hydrogens (tertiary/aromatic N) is 3. The van der Waals surface area contributed by atoms with Crippen LogP contribution in [0.2, 0.25) is 0 Å². The lowest BCUT2D eigenvalue weighted by molar-refractivity contribution is -0.125. The Kier molecular flexibility index (Phi) is 6.62. The first kappa shape index (κ1) is 18.7. The van der Waals surface area contributed by atoms with Crippen molar-refractivity contribution in [1.82, 2.24) is 20.1 Å². The number of carbonyl (C=O) groups is 2. The Balaban J connectivity index is 2.06. The van der Waals surface area contributed by atoms with E-state index in [1.54, 1.807) is 28.9 Å². The van der Waals surface area contributed by atoms with Gasteiger partial charge in [-0.1, -0.05) is 6.92 Å². The molecule has 1 aliphatic rings. The SMILES string of the molecule is CC[C@@H](C)NC(=O)[C@@H]1CSCN1C(=O)c1ccc(CN(C)C)nc1. The zero-order valence-corrected chi connectivity index (χ0v) is 15.6. The van der Waals surface area contributed by atoms with Gasteiger partial charge < -0.3 is 15.1 Å². The number of pyridine rings is 1. The summed E-state index contributed by atoms with van der Waals surface area (Å²) in [4.78, 5) is 33.1. The zero-order valence-electron chi connectivity index (χ0n) is 14.8. The van der Waals surface area contributed by atoms with Gasteiger partial charge in [-0.25, -0.2) is 0 Å². The third-order valence-electron chi connectivity index (χ3n) is 4.00. The number of amides is 2. The molecule has 1 fully saturated rings. The highest BCUT2D eigenvalue weighted by Gasteiger charge is 2.35. The van der Waals surface area contributed by atoms with Crippen molar-refractivity contribution in [2.75, 3.05) is 25.7 Å². The fourth-order valence-corrected chi connectivity index (χ4v) is 3.59. The second-order valence-corrected chi connectivity index (χ2v) is 7.38. The minimum Gasteiger partial charge on any atom is -0.352 e. The van der Waals surface area contributed by atoms with E-state index in [0.717, 1.165) is 18.7 Å². The highest BCUT2D eigenvalue weighted by Crippen LogP contribution is 2.23. The standard InChI is InChI=1S/C17H26N4O2S/c1-5-12(2)19-16(22)15-10-24-11-21(15)17(23)13-6-7-14(18-8-13)9-20(3)4/h6-8,12,15H,5,9-11H2,1-4H3,(H,19,22)/t12-,15+/m1/s1. The molecular formula is C17H26N4O2S. The van der Waals surface area contributed by atoms with Crippen molar-refractivity contribution in [3.05, 3.63) is 29.6 Å². The molecule has 2 heterocycles. The topological polar surface area (TPSA) is 65.5 Å². The minimum atomic E-state index is -0.405. The summed E-state index contributed by atoms with van der Waals surface area (Å²) in [5.74, 6) is 0.977. The van der Waals surface area contributed by atoms with Crippen LogP contribution in [-0.2, 0) is 11.3 Å². The van der Waals surface area contributed by atoms with E-state index in [1.165, 1.54) is 0 Å². The molecule has 0 saturated carbocycles. The largest absolute Gasteiger partial charge is 0.352 e. The molecule has 0 spiro atoms. The zero-order chi connectivity index (χ0) is 17.7. The molecular weight excluding hydrogens is 324 g/mol. The molecule has 6 nitrogen and oxygen atoms in total. The molecule has 0 aromatic carbocycles. The van der Waals surface area contributed by atoms with Gasteiger partial charge in [-0.3, -0.25) is 14.6 Å². The Bertz CT molecular complexity index is 576. The van der Waals surface area contributed by atoms with Gasteiger partial charge in [-0.2, -0.15) is 0 Å². The van der Waals surface area contributed by atoms with E-state index < -0.39 is 6.04 Å². The number of hydrogen-bond acceptors (Lipinski definition) is 5. The van der Waals surface area contributed by atoms with E-state index in [-0.39, 0.29) is 17.9 Å². The summed E-state index contributed by atoms with van der Waals surface area (Å²) in [5.41, 5.74) is 1.44. The Morgan fingerprint density at radius 1 is 1.46 bits per heavy atom. The predicted octanol–water partition coefficient (Wildman–Crippen LogP) is 1.57. The van der Waals surface area contributed by atoms with Crippen molar-refractivity contribution in [3.63, 3.8) is 0 Å². The van der Waals surface area contributed by atoms with Gasteiger partial charge in [0.1, 0.15) is 6.04 Å².